The second-order valence-electron chi connectivity index (χ2n) is 8.63. The third-order valence-electron chi connectivity index (χ3n) is 5.76. The van der Waals surface area contributed by atoms with Crippen molar-refractivity contribution in [2.24, 2.45) is 11.3 Å². The van der Waals surface area contributed by atoms with Gasteiger partial charge in [-0.05, 0) is 65.3 Å². The van der Waals surface area contributed by atoms with Crippen LogP contribution in [0.15, 0.2) is 47.1 Å². The van der Waals surface area contributed by atoms with Gasteiger partial charge in [0, 0.05) is 34.3 Å². The van der Waals surface area contributed by atoms with E-state index in [1.54, 1.807) is 23.1 Å². The lowest BCUT2D eigenvalue weighted by Gasteiger charge is -2.35. The summed E-state index contributed by atoms with van der Waals surface area (Å²) in [4.78, 5) is 10.3. The highest BCUT2D eigenvalue weighted by Crippen LogP contribution is 2.44. The summed E-state index contributed by atoms with van der Waals surface area (Å²) in [5.74, 6) is 1.40. The van der Waals surface area contributed by atoms with E-state index in [0.29, 0.717) is 5.92 Å². The molecule has 0 saturated carbocycles. The largest absolute Gasteiger partial charge is 0.265 e. The minimum atomic E-state index is 0.256. The SMILES string of the molecule is CC(C)(C)C1CCc2nc(SCc3ccncc3)c(C#N)c(-c3cccs3)c2C1. The second kappa shape index (κ2) is 8.30. The first-order valence-corrected chi connectivity index (χ1v) is 11.9. The van der Waals surface area contributed by atoms with E-state index in [2.05, 4.69) is 49.3 Å². The molecule has 0 aromatic carbocycles. The molecule has 5 heteroatoms. The summed E-state index contributed by atoms with van der Waals surface area (Å²) in [7, 11) is 0. The second-order valence-corrected chi connectivity index (χ2v) is 10.5. The average molecular weight is 420 g/mol. The maximum Gasteiger partial charge on any atom is 0.115 e. The highest BCUT2D eigenvalue weighted by Gasteiger charge is 2.33. The van der Waals surface area contributed by atoms with Crippen LogP contribution in [0.4, 0.5) is 0 Å². The number of hydrogen-bond acceptors (Lipinski definition) is 5. The third kappa shape index (κ3) is 4.24. The number of aryl methyl sites for hydroxylation is 1. The Bertz CT molecular complexity index is 1030. The Morgan fingerprint density at radius 2 is 2.03 bits per heavy atom. The van der Waals surface area contributed by atoms with E-state index < -0.39 is 0 Å². The lowest BCUT2D eigenvalue weighted by atomic mass is 9.70. The molecule has 0 spiro atoms. The van der Waals surface area contributed by atoms with Crippen LogP contribution in [0.25, 0.3) is 10.4 Å². The Morgan fingerprint density at radius 1 is 1.24 bits per heavy atom. The van der Waals surface area contributed by atoms with Gasteiger partial charge in [-0.2, -0.15) is 5.26 Å². The quantitative estimate of drug-likeness (QED) is 0.452. The predicted octanol–water partition coefficient (Wildman–Crippen LogP) is 6.52. The van der Waals surface area contributed by atoms with E-state index in [9.17, 15) is 5.26 Å². The Labute approximate surface area is 181 Å². The normalized spacial score (nSPS) is 16.3. The number of thioether (sulfide) groups is 1. The molecule has 29 heavy (non-hydrogen) atoms. The molecule has 0 aliphatic heterocycles. The van der Waals surface area contributed by atoms with Crippen LogP contribution in [0.2, 0.25) is 0 Å². The molecular weight excluding hydrogens is 394 g/mol. The highest BCUT2D eigenvalue weighted by molar-refractivity contribution is 7.98. The summed E-state index contributed by atoms with van der Waals surface area (Å²) in [6, 6.07) is 10.8. The van der Waals surface area contributed by atoms with Crippen LogP contribution >= 0.6 is 23.1 Å². The number of nitriles is 1. The van der Waals surface area contributed by atoms with Gasteiger partial charge >= 0.3 is 0 Å². The van der Waals surface area contributed by atoms with Crippen molar-refractivity contribution in [3.63, 3.8) is 0 Å². The predicted molar refractivity (Wildman–Crippen MR) is 121 cm³/mol. The van der Waals surface area contributed by atoms with Crippen molar-refractivity contribution in [3.05, 3.63) is 64.4 Å². The molecule has 0 bridgehead atoms. The van der Waals surface area contributed by atoms with E-state index in [4.69, 9.17) is 4.98 Å². The molecule has 1 atom stereocenters. The van der Waals surface area contributed by atoms with Gasteiger partial charge < -0.3 is 0 Å². The molecule has 3 aromatic heterocycles. The number of thiophene rings is 1. The standard InChI is InChI=1S/C24H25N3S2/c1-24(2,3)17-6-7-20-18(13-17)22(21-5-4-12-28-21)19(14-25)23(27-20)29-15-16-8-10-26-11-9-16/h4-5,8-12,17H,6-7,13,15H2,1-3H3. The summed E-state index contributed by atoms with van der Waals surface area (Å²) in [6.07, 6.45) is 6.77. The van der Waals surface area contributed by atoms with Crippen LogP contribution < -0.4 is 0 Å². The van der Waals surface area contributed by atoms with Crippen molar-refractivity contribution >= 4 is 23.1 Å². The summed E-state index contributed by atoms with van der Waals surface area (Å²) in [5.41, 5.74) is 5.79. The van der Waals surface area contributed by atoms with E-state index in [1.165, 1.54) is 21.7 Å². The van der Waals surface area contributed by atoms with Gasteiger partial charge in [0.2, 0.25) is 0 Å². The first-order valence-electron chi connectivity index (χ1n) is 9.99. The van der Waals surface area contributed by atoms with Crippen LogP contribution in [0.1, 0.15) is 49.6 Å². The van der Waals surface area contributed by atoms with E-state index in [-0.39, 0.29) is 5.41 Å². The monoisotopic (exact) mass is 419 g/mol. The zero-order chi connectivity index (χ0) is 20.4. The molecule has 1 aliphatic rings. The van der Waals surface area contributed by atoms with E-state index in [0.717, 1.165) is 41.2 Å². The van der Waals surface area contributed by atoms with Gasteiger partial charge in [0.05, 0.1) is 5.56 Å². The van der Waals surface area contributed by atoms with Crippen molar-refractivity contribution < 1.29 is 0 Å². The fraction of sp³-hybridized carbons (Fsp3) is 0.375. The summed E-state index contributed by atoms with van der Waals surface area (Å²) in [5, 5.41) is 13.1. The summed E-state index contributed by atoms with van der Waals surface area (Å²) >= 11 is 3.37. The lowest BCUT2D eigenvalue weighted by Crippen LogP contribution is -2.28. The zero-order valence-electron chi connectivity index (χ0n) is 17.1. The Morgan fingerprint density at radius 3 is 2.69 bits per heavy atom. The molecule has 3 nitrogen and oxygen atoms in total. The first-order chi connectivity index (χ1) is 14.0. The van der Waals surface area contributed by atoms with Crippen molar-refractivity contribution in [2.75, 3.05) is 0 Å². The highest BCUT2D eigenvalue weighted by atomic mass is 32.2. The van der Waals surface area contributed by atoms with Gasteiger partial charge in [0.15, 0.2) is 0 Å². The Kier molecular flexibility index (Phi) is 5.76. The van der Waals surface area contributed by atoms with E-state index >= 15 is 0 Å². The maximum atomic E-state index is 10.1. The number of pyridine rings is 2. The Balaban J connectivity index is 1.79. The molecule has 1 unspecified atom stereocenters. The van der Waals surface area contributed by atoms with Gasteiger partial charge in [-0.3, -0.25) is 4.98 Å². The molecule has 1 aliphatic carbocycles. The molecule has 0 N–H and O–H groups in total. The number of nitrogens with zero attached hydrogens (tertiary/aromatic N) is 3. The van der Waals surface area contributed by atoms with Crippen LogP contribution in [0, 0.1) is 22.7 Å². The maximum absolute atomic E-state index is 10.1. The van der Waals surface area contributed by atoms with Gasteiger partial charge in [-0.25, -0.2) is 4.98 Å². The van der Waals surface area contributed by atoms with Crippen LogP contribution in [0.3, 0.4) is 0 Å². The van der Waals surface area contributed by atoms with E-state index in [1.807, 2.05) is 24.5 Å². The van der Waals surface area contributed by atoms with Gasteiger partial charge in [-0.15, -0.1) is 23.1 Å². The molecule has 3 aromatic rings. The number of hydrogen-bond donors (Lipinski definition) is 0. The fourth-order valence-corrected chi connectivity index (χ4v) is 5.77. The minimum absolute atomic E-state index is 0.256. The van der Waals surface area contributed by atoms with Crippen LogP contribution in [0.5, 0.6) is 0 Å². The molecule has 4 rings (SSSR count). The molecule has 0 saturated heterocycles. The molecule has 0 fully saturated rings. The first kappa shape index (κ1) is 20.1. The number of rotatable bonds is 4. The molecular formula is C24H25N3S2. The fourth-order valence-electron chi connectivity index (χ4n) is 4.00. The lowest BCUT2D eigenvalue weighted by molar-refractivity contribution is 0.215. The summed E-state index contributed by atoms with van der Waals surface area (Å²) in [6.45, 7) is 6.97. The van der Waals surface area contributed by atoms with Gasteiger partial charge in [0.25, 0.3) is 0 Å². The number of aromatic nitrogens is 2. The van der Waals surface area contributed by atoms with Crippen molar-refractivity contribution in [3.8, 4) is 16.5 Å². The number of fused-ring (bicyclic) bond motifs is 1. The molecule has 148 valence electrons. The summed E-state index contributed by atoms with van der Waals surface area (Å²) < 4.78 is 0. The van der Waals surface area contributed by atoms with Gasteiger partial charge in [0.1, 0.15) is 11.1 Å². The third-order valence-corrected chi connectivity index (χ3v) is 7.69. The van der Waals surface area contributed by atoms with Crippen molar-refractivity contribution in [1.82, 2.24) is 9.97 Å². The van der Waals surface area contributed by atoms with Crippen molar-refractivity contribution in [1.29, 1.82) is 5.26 Å². The van der Waals surface area contributed by atoms with Gasteiger partial charge in [-0.1, -0.05) is 26.8 Å². The van der Waals surface area contributed by atoms with Crippen molar-refractivity contribution in [2.45, 2.75) is 50.8 Å². The minimum Gasteiger partial charge on any atom is -0.265 e. The van der Waals surface area contributed by atoms with Crippen LogP contribution in [-0.2, 0) is 18.6 Å². The molecule has 0 amide bonds. The molecule has 0 radical (unpaired) electrons. The van der Waals surface area contributed by atoms with Crippen LogP contribution in [-0.4, -0.2) is 9.97 Å². The Hall–Kier alpha value is -2.16. The zero-order valence-corrected chi connectivity index (χ0v) is 18.7. The average Bonchev–Trinajstić information content (AvgIpc) is 3.25. The smallest absolute Gasteiger partial charge is 0.115 e. The topological polar surface area (TPSA) is 49.6 Å². The molecule has 3 heterocycles.